The van der Waals surface area contributed by atoms with Crippen molar-refractivity contribution in [1.29, 1.82) is 0 Å². The minimum absolute atomic E-state index is 0.497. The highest BCUT2D eigenvalue weighted by molar-refractivity contribution is 6.47. The van der Waals surface area contributed by atoms with Crippen molar-refractivity contribution in [2.45, 2.75) is 5.38 Å². The van der Waals surface area contributed by atoms with Crippen molar-refractivity contribution >= 4 is 23.4 Å². The molecule has 0 saturated carbocycles. The van der Waals surface area contributed by atoms with Gasteiger partial charge in [0.25, 0.3) is 5.78 Å². The molecule has 1 aromatic carbocycles. The number of esters is 1. The lowest BCUT2D eigenvalue weighted by atomic mass is 10.1. The first kappa shape index (κ1) is 12.5. The smallest absolute Gasteiger partial charge is 0.376 e. The topological polar surface area (TPSA) is 52.6 Å². The van der Waals surface area contributed by atoms with Crippen molar-refractivity contribution < 1.29 is 19.1 Å². The van der Waals surface area contributed by atoms with Crippen LogP contribution in [0, 0.1) is 0 Å². The summed E-state index contributed by atoms with van der Waals surface area (Å²) < 4.78 is 9.29. The average Bonchev–Trinajstić information content (AvgIpc) is 2.36. The Morgan fingerprint density at radius 2 is 2.00 bits per heavy atom. The number of halogens is 1. The molecule has 0 bridgehead atoms. The van der Waals surface area contributed by atoms with Gasteiger partial charge in [-0.2, -0.15) is 0 Å². The van der Waals surface area contributed by atoms with Gasteiger partial charge in [-0.05, 0) is 17.7 Å². The maximum absolute atomic E-state index is 11.4. The zero-order chi connectivity index (χ0) is 12.1. The molecule has 0 aromatic heterocycles. The molecule has 0 heterocycles. The number of ketones is 1. The normalized spacial score (nSPS) is 11.7. The third-order valence-electron chi connectivity index (χ3n) is 2.00. The number of alkyl halides is 1. The fourth-order valence-electron chi connectivity index (χ4n) is 1.15. The van der Waals surface area contributed by atoms with Crippen LogP contribution in [0.5, 0.6) is 5.75 Å². The van der Waals surface area contributed by atoms with E-state index in [1.165, 1.54) is 7.11 Å². The number of methoxy groups -OCH3 is 2. The van der Waals surface area contributed by atoms with E-state index in [-0.39, 0.29) is 0 Å². The van der Waals surface area contributed by atoms with Gasteiger partial charge in [0.05, 0.1) is 14.2 Å². The molecule has 0 saturated heterocycles. The summed E-state index contributed by atoms with van der Waals surface area (Å²) in [4.78, 5) is 22.4. The number of ether oxygens (including phenoxy) is 2. The lowest BCUT2D eigenvalue weighted by Crippen LogP contribution is -2.20. The van der Waals surface area contributed by atoms with Crippen LogP contribution in [-0.2, 0) is 14.3 Å². The van der Waals surface area contributed by atoms with Crippen LogP contribution in [-0.4, -0.2) is 26.0 Å². The van der Waals surface area contributed by atoms with E-state index in [4.69, 9.17) is 16.3 Å². The summed E-state index contributed by atoms with van der Waals surface area (Å²) in [6.07, 6.45) is 0. The van der Waals surface area contributed by atoms with E-state index in [0.717, 1.165) is 7.11 Å². The lowest BCUT2D eigenvalue weighted by Gasteiger charge is -2.08. The van der Waals surface area contributed by atoms with E-state index in [1.807, 2.05) is 0 Å². The van der Waals surface area contributed by atoms with Crippen molar-refractivity contribution in [2.24, 2.45) is 0 Å². The highest BCUT2D eigenvalue weighted by Gasteiger charge is 2.25. The molecule has 1 aromatic rings. The van der Waals surface area contributed by atoms with Gasteiger partial charge in [-0.25, -0.2) is 4.79 Å². The summed E-state index contributed by atoms with van der Waals surface area (Å²) in [6.45, 7) is 0. The molecule has 0 aliphatic heterocycles. The Kier molecular flexibility index (Phi) is 4.31. The van der Waals surface area contributed by atoms with E-state index in [1.54, 1.807) is 24.3 Å². The van der Waals surface area contributed by atoms with Gasteiger partial charge >= 0.3 is 5.97 Å². The highest BCUT2D eigenvalue weighted by atomic mass is 35.5. The average molecular weight is 243 g/mol. The molecule has 0 radical (unpaired) electrons. The van der Waals surface area contributed by atoms with Crippen LogP contribution in [0.15, 0.2) is 24.3 Å². The van der Waals surface area contributed by atoms with Gasteiger partial charge in [-0.1, -0.05) is 12.1 Å². The van der Waals surface area contributed by atoms with Crippen LogP contribution in [0.1, 0.15) is 10.9 Å². The third kappa shape index (κ3) is 2.73. The van der Waals surface area contributed by atoms with Crippen molar-refractivity contribution in [2.75, 3.05) is 14.2 Å². The molecule has 0 N–H and O–H groups in total. The van der Waals surface area contributed by atoms with Crippen molar-refractivity contribution in [3.8, 4) is 5.75 Å². The molecule has 0 unspecified atom stereocenters. The van der Waals surface area contributed by atoms with Crippen molar-refractivity contribution in [1.82, 2.24) is 0 Å². The molecule has 5 heteroatoms. The quantitative estimate of drug-likeness (QED) is 0.458. The molecule has 1 atom stereocenters. The molecule has 0 amide bonds. The minimum Gasteiger partial charge on any atom is -0.497 e. The predicted octanol–water partition coefficient (Wildman–Crippen LogP) is 1.72. The maximum Gasteiger partial charge on any atom is 0.376 e. The van der Waals surface area contributed by atoms with Crippen LogP contribution >= 0.6 is 11.6 Å². The SMILES string of the molecule is COC(=O)C(=O)[C@@H](Cl)c1cccc(OC)c1. The number of hydrogen-bond acceptors (Lipinski definition) is 4. The monoisotopic (exact) mass is 242 g/mol. The van der Waals surface area contributed by atoms with Gasteiger partial charge in [-0.3, -0.25) is 4.79 Å². The lowest BCUT2D eigenvalue weighted by molar-refractivity contribution is -0.151. The molecule has 0 aliphatic rings. The van der Waals surface area contributed by atoms with E-state index in [0.29, 0.717) is 11.3 Å². The Bertz CT molecular complexity index is 403. The van der Waals surface area contributed by atoms with Crippen LogP contribution in [0.25, 0.3) is 0 Å². The van der Waals surface area contributed by atoms with Gasteiger partial charge < -0.3 is 9.47 Å². The molecule has 16 heavy (non-hydrogen) atoms. The number of hydrogen-bond donors (Lipinski definition) is 0. The summed E-state index contributed by atoms with van der Waals surface area (Å²) >= 11 is 5.85. The van der Waals surface area contributed by atoms with Crippen molar-refractivity contribution in [3.63, 3.8) is 0 Å². The van der Waals surface area contributed by atoms with Gasteiger partial charge in [-0.15, -0.1) is 11.6 Å². The molecule has 0 aliphatic carbocycles. The Hall–Kier alpha value is -1.55. The van der Waals surface area contributed by atoms with Crippen LogP contribution in [0.4, 0.5) is 0 Å². The number of carbonyl (C=O) groups is 2. The fourth-order valence-corrected chi connectivity index (χ4v) is 1.38. The molecular formula is C11H11ClO4. The first-order valence-electron chi connectivity index (χ1n) is 4.50. The van der Waals surface area contributed by atoms with Crippen molar-refractivity contribution in [3.05, 3.63) is 29.8 Å². The summed E-state index contributed by atoms with van der Waals surface area (Å²) in [6, 6.07) is 6.64. The van der Waals surface area contributed by atoms with Gasteiger partial charge in [0.1, 0.15) is 11.1 Å². The number of rotatable bonds is 4. The maximum atomic E-state index is 11.4. The van der Waals surface area contributed by atoms with Crippen LogP contribution in [0.2, 0.25) is 0 Å². The second kappa shape index (κ2) is 5.51. The minimum atomic E-state index is -1.05. The van der Waals surface area contributed by atoms with Crippen LogP contribution < -0.4 is 4.74 Å². The second-order valence-corrected chi connectivity index (χ2v) is 3.43. The summed E-state index contributed by atoms with van der Waals surface area (Å²) in [5.41, 5.74) is 0.497. The van der Waals surface area contributed by atoms with E-state index in [2.05, 4.69) is 4.74 Å². The van der Waals surface area contributed by atoms with E-state index < -0.39 is 17.1 Å². The molecular weight excluding hydrogens is 232 g/mol. The first-order valence-corrected chi connectivity index (χ1v) is 4.94. The van der Waals surface area contributed by atoms with E-state index in [9.17, 15) is 9.59 Å². The molecule has 0 spiro atoms. The largest absolute Gasteiger partial charge is 0.497 e. The highest BCUT2D eigenvalue weighted by Crippen LogP contribution is 2.25. The standard InChI is InChI=1S/C11H11ClO4/c1-15-8-5-3-4-7(6-8)9(12)10(13)11(14)16-2/h3-6,9H,1-2H3/t9-/m0/s1. The van der Waals surface area contributed by atoms with Crippen LogP contribution in [0.3, 0.4) is 0 Å². The molecule has 4 nitrogen and oxygen atoms in total. The third-order valence-corrected chi connectivity index (χ3v) is 2.45. The Morgan fingerprint density at radius 1 is 1.31 bits per heavy atom. The Morgan fingerprint density at radius 3 is 2.56 bits per heavy atom. The number of benzene rings is 1. The number of Topliss-reactive ketones (excluding diaryl/α,β-unsaturated/α-hetero) is 1. The van der Waals surface area contributed by atoms with Gasteiger partial charge in [0, 0.05) is 0 Å². The summed E-state index contributed by atoms with van der Waals surface area (Å²) in [7, 11) is 2.64. The number of carbonyl (C=O) groups excluding carboxylic acids is 2. The van der Waals surface area contributed by atoms with Gasteiger partial charge in [0.2, 0.25) is 0 Å². The molecule has 86 valence electrons. The Balaban J connectivity index is 2.91. The zero-order valence-electron chi connectivity index (χ0n) is 8.90. The summed E-state index contributed by atoms with van der Waals surface area (Å²) in [5.74, 6) is -1.18. The molecule has 1 rings (SSSR count). The second-order valence-electron chi connectivity index (χ2n) is 3.00. The predicted molar refractivity (Wildman–Crippen MR) is 58.6 cm³/mol. The first-order chi connectivity index (χ1) is 7.60. The Labute approximate surface area is 98.1 Å². The molecule has 0 fully saturated rings. The van der Waals surface area contributed by atoms with E-state index >= 15 is 0 Å². The zero-order valence-corrected chi connectivity index (χ0v) is 9.65. The fraction of sp³-hybridized carbons (Fsp3) is 0.273. The summed E-state index contributed by atoms with van der Waals surface area (Å²) in [5, 5.41) is -1.05. The van der Waals surface area contributed by atoms with Gasteiger partial charge in [0.15, 0.2) is 0 Å².